The zero-order chi connectivity index (χ0) is 11.5. The lowest BCUT2D eigenvalue weighted by molar-refractivity contribution is 0.272. The second kappa shape index (κ2) is 4.54. The Bertz CT molecular complexity index is 519. The molecule has 2 aromatic rings. The van der Waals surface area contributed by atoms with E-state index in [-0.39, 0.29) is 6.61 Å². The van der Waals surface area contributed by atoms with Crippen molar-refractivity contribution < 1.29 is 5.11 Å². The molecule has 0 amide bonds. The molecule has 1 aromatic heterocycles. The Balaban J connectivity index is 2.51. The van der Waals surface area contributed by atoms with Gasteiger partial charge in [-0.3, -0.25) is 0 Å². The van der Waals surface area contributed by atoms with Crippen molar-refractivity contribution in [2.45, 2.75) is 27.0 Å². The monoisotopic (exact) mass is 215 g/mol. The summed E-state index contributed by atoms with van der Waals surface area (Å²) in [4.78, 5) is 0. The molecule has 0 radical (unpaired) electrons. The lowest BCUT2D eigenvalue weighted by Crippen LogP contribution is -2.01. The van der Waals surface area contributed by atoms with Gasteiger partial charge in [0.1, 0.15) is 0 Å². The first-order valence-electron chi connectivity index (χ1n) is 5.53. The number of aliphatic hydroxyl groups is 1. The first-order valence-corrected chi connectivity index (χ1v) is 5.53. The maximum atomic E-state index is 9.34. The van der Waals surface area contributed by atoms with Gasteiger partial charge in [-0.25, -0.2) is 0 Å². The van der Waals surface area contributed by atoms with Crippen LogP contribution in [0.25, 0.3) is 10.9 Å². The first kappa shape index (κ1) is 11.0. The van der Waals surface area contributed by atoms with Crippen molar-refractivity contribution in [3.63, 3.8) is 0 Å². The second-order valence-electron chi connectivity index (χ2n) is 4.24. The molecule has 2 heteroatoms. The molecule has 0 fully saturated rings. The van der Waals surface area contributed by atoms with Crippen molar-refractivity contribution >= 4 is 10.9 Å². The highest BCUT2D eigenvalue weighted by atomic mass is 16.3. The largest absolute Gasteiger partial charge is 0.390 e. The minimum Gasteiger partial charge on any atom is -0.390 e. The number of benzene rings is 1. The van der Waals surface area contributed by atoms with Gasteiger partial charge in [-0.1, -0.05) is 29.8 Å². The molecule has 2 rings (SSSR count). The second-order valence-corrected chi connectivity index (χ2v) is 4.24. The van der Waals surface area contributed by atoms with Crippen LogP contribution < -0.4 is 0 Å². The quantitative estimate of drug-likeness (QED) is 0.782. The molecule has 1 N–H and O–H groups in total. The van der Waals surface area contributed by atoms with E-state index in [0.717, 1.165) is 12.2 Å². The molecule has 0 aliphatic carbocycles. The van der Waals surface area contributed by atoms with Crippen LogP contribution in [0.15, 0.2) is 42.0 Å². The van der Waals surface area contributed by atoms with Gasteiger partial charge in [0.25, 0.3) is 0 Å². The van der Waals surface area contributed by atoms with E-state index >= 15 is 0 Å². The van der Waals surface area contributed by atoms with Gasteiger partial charge in [0, 0.05) is 17.8 Å². The molecule has 0 saturated heterocycles. The molecule has 16 heavy (non-hydrogen) atoms. The molecule has 1 heterocycles. The van der Waals surface area contributed by atoms with E-state index in [1.807, 2.05) is 18.2 Å². The Morgan fingerprint density at radius 1 is 1.31 bits per heavy atom. The van der Waals surface area contributed by atoms with Crippen LogP contribution >= 0.6 is 0 Å². The Morgan fingerprint density at radius 2 is 2.06 bits per heavy atom. The van der Waals surface area contributed by atoms with E-state index in [2.05, 4.69) is 36.6 Å². The minimum absolute atomic E-state index is 0.0886. The normalized spacial score (nSPS) is 10.7. The van der Waals surface area contributed by atoms with Gasteiger partial charge < -0.3 is 9.67 Å². The van der Waals surface area contributed by atoms with Crippen LogP contribution in [0.1, 0.15) is 19.5 Å². The number of aromatic nitrogens is 1. The molecule has 1 aromatic carbocycles. The molecule has 0 saturated carbocycles. The summed E-state index contributed by atoms with van der Waals surface area (Å²) in [5.74, 6) is 0. The summed E-state index contributed by atoms with van der Waals surface area (Å²) in [6.07, 6.45) is 2.17. The number of hydrogen-bond donors (Lipinski definition) is 1. The van der Waals surface area contributed by atoms with Crippen molar-refractivity contribution in [2.24, 2.45) is 0 Å². The summed E-state index contributed by atoms with van der Waals surface area (Å²) < 4.78 is 2.16. The van der Waals surface area contributed by atoms with Crippen LogP contribution in [0.4, 0.5) is 0 Å². The molecule has 2 nitrogen and oxygen atoms in total. The number of nitrogens with zero attached hydrogens (tertiary/aromatic N) is 1. The van der Waals surface area contributed by atoms with Gasteiger partial charge in [-0.15, -0.1) is 0 Å². The molecule has 0 unspecified atom stereocenters. The highest BCUT2D eigenvalue weighted by Gasteiger charge is 2.05. The number of fused-ring (bicyclic) bond motifs is 1. The lowest BCUT2D eigenvalue weighted by Gasteiger charge is -2.06. The van der Waals surface area contributed by atoms with Crippen LogP contribution in [0.2, 0.25) is 0 Å². The molecular weight excluding hydrogens is 198 g/mol. The molecule has 0 spiro atoms. The third-order valence-corrected chi connectivity index (χ3v) is 2.74. The van der Waals surface area contributed by atoms with Crippen molar-refractivity contribution in [3.05, 3.63) is 47.7 Å². The van der Waals surface area contributed by atoms with E-state index < -0.39 is 0 Å². The van der Waals surface area contributed by atoms with Crippen LogP contribution in [0.5, 0.6) is 0 Å². The summed E-state index contributed by atoms with van der Waals surface area (Å²) >= 11 is 0. The first-order chi connectivity index (χ1) is 7.72. The van der Waals surface area contributed by atoms with Gasteiger partial charge in [-0.05, 0) is 31.4 Å². The fraction of sp³-hybridized carbons (Fsp3) is 0.286. The fourth-order valence-electron chi connectivity index (χ4n) is 1.89. The number of aliphatic hydroxyl groups excluding tert-OH is 1. The van der Waals surface area contributed by atoms with Gasteiger partial charge in [-0.2, -0.15) is 0 Å². The van der Waals surface area contributed by atoms with Crippen LogP contribution in [0, 0.1) is 0 Å². The summed E-state index contributed by atoms with van der Waals surface area (Å²) in [6.45, 7) is 5.09. The van der Waals surface area contributed by atoms with Gasteiger partial charge in [0.2, 0.25) is 0 Å². The summed E-state index contributed by atoms with van der Waals surface area (Å²) in [5.41, 5.74) is 3.45. The Labute approximate surface area is 95.8 Å². The Hall–Kier alpha value is -1.54. The molecule has 0 aliphatic rings. The van der Waals surface area contributed by atoms with E-state index in [1.54, 1.807) is 0 Å². The predicted molar refractivity (Wildman–Crippen MR) is 67.3 cm³/mol. The molecular formula is C14H17NO. The van der Waals surface area contributed by atoms with Crippen molar-refractivity contribution in [3.8, 4) is 0 Å². The van der Waals surface area contributed by atoms with Crippen molar-refractivity contribution in [1.29, 1.82) is 0 Å². The maximum absolute atomic E-state index is 9.34. The molecule has 84 valence electrons. The van der Waals surface area contributed by atoms with E-state index in [0.29, 0.717) is 0 Å². The molecule has 0 atom stereocenters. The van der Waals surface area contributed by atoms with E-state index in [1.165, 1.54) is 16.5 Å². The van der Waals surface area contributed by atoms with Gasteiger partial charge >= 0.3 is 0 Å². The molecule has 0 bridgehead atoms. The summed E-state index contributed by atoms with van der Waals surface area (Å²) in [5, 5.41) is 10.5. The average molecular weight is 215 g/mol. The Morgan fingerprint density at radius 3 is 2.75 bits per heavy atom. The summed E-state index contributed by atoms with van der Waals surface area (Å²) in [7, 11) is 0. The maximum Gasteiger partial charge on any atom is 0.0833 e. The zero-order valence-corrected chi connectivity index (χ0v) is 9.77. The third-order valence-electron chi connectivity index (χ3n) is 2.74. The van der Waals surface area contributed by atoms with E-state index in [4.69, 9.17) is 0 Å². The number of allylic oxidation sites excluding steroid dienone is 2. The SMILES string of the molecule is CC(C)=CCn1c(CO)cc2ccccc21. The fourth-order valence-corrected chi connectivity index (χ4v) is 1.89. The van der Waals surface area contributed by atoms with Crippen LogP contribution in [0.3, 0.4) is 0 Å². The van der Waals surface area contributed by atoms with Crippen molar-refractivity contribution in [1.82, 2.24) is 4.57 Å². The van der Waals surface area contributed by atoms with Gasteiger partial charge in [0.05, 0.1) is 6.61 Å². The highest BCUT2D eigenvalue weighted by Crippen LogP contribution is 2.20. The van der Waals surface area contributed by atoms with Crippen molar-refractivity contribution in [2.75, 3.05) is 0 Å². The standard InChI is InChI=1S/C14H17NO/c1-11(2)7-8-15-13(10-16)9-12-5-3-4-6-14(12)15/h3-7,9,16H,8,10H2,1-2H3. The van der Waals surface area contributed by atoms with E-state index in [9.17, 15) is 5.11 Å². The molecule has 0 aliphatic heterocycles. The minimum atomic E-state index is 0.0886. The topological polar surface area (TPSA) is 25.2 Å². The summed E-state index contributed by atoms with van der Waals surface area (Å²) in [6, 6.07) is 10.3. The third kappa shape index (κ3) is 2.02. The lowest BCUT2D eigenvalue weighted by atomic mass is 10.2. The van der Waals surface area contributed by atoms with Crippen LogP contribution in [-0.2, 0) is 13.2 Å². The Kier molecular flexibility index (Phi) is 3.11. The zero-order valence-electron chi connectivity index (χ0n) is 9.77. The van der Waals surface area contributed by atoms with Crippen LogP contribution in [-0.4, -0.2) is 9.67 Å². The number of rotatable bonds is 3. The average Bonchev–Trinajstić information content (AvgIpc) is 2.64. The highest BCUT2D eigenvalue weighted by molar-refractivity contribution is 5.81. The number of hydrogen-bond acceptors (Lipinski definition) is 1. The van der Waals surface area contributed by atoms with Gasteiger partial charge in [0.15, 0.2) is 0 Å². The smallest absolute Gasteiger partial charge is 0.0833 e. The number of para-hydroxylation sites is 1. The predicted octanol–water partition coefficient (Wildman–Crippen LogP) is 3.10.